The first-order chi connectivity index (χ1) is 12.2. The normalized spacial score (nSPS) is 20.2. The number of carbonyl (C=O) groups is 1. The van der Waals surface area contributed by atoms with Crippen molar-refractivity contribution in [2.45, 2.75) is 32.9 Å². The van der Waals surface area contributed by atoms with E-state index in [1.807, 2.05) is 35.6 Å². The molecule has 0 spiro atoms. The van der Waals surface area contributed by atoms with Crippen LogP contribution < -0.4 is 15.0 Å². The van der Waals surface area contributed by atoms with Crippen LogP contribution in [0.3, 0.4) is 0 Å². The van der Waals surface area contributed by atoms with E-state index in [1.54, 1.807) is 12.0 Å². The first-order valence-electron chi connectivity index (χ1n) is 8.93. The van der Waals surface area contributed by atoms with E-state index < -0.39 is 0 Å². The highest BCUT2D eigenvalue weighted by molar-refractivity contribution is 7.10. The minimum atomic E-state index is 0.159. The maximum absolute atomic E-state index is 12.4. The van der Waals surface area contributed by atoms with Crippen LogP contribution in [0.15, 0.2) is 35.7 Å². The Morgan fingerprint density at radius 2 is 1.96 bits per heavy atom. The van der Waals surface area contributed by atoms with Gasteiger partial charge in [0.15, 0.2) is 0 Å². The second-order valence-electron chi connectivity index (χ2n) is 6.79. The van der Waals surface area contributed by atoms with Crippen LogP contribution in [-0.2, 0) is 17.9 Å². The number of ether oxygens (including phenoxy) is 1. The van der Waals surface area contributed by atoms with Crippen LogP contribution in [0, 0.1) is 12.8 Å². The highest BCUT2D eigenvalue weighted by atomic mass is 32.1. The molecule has 3 rings (SSSR count). The molecule has 1 fully saturated rings. The minimum Gasteiger partial charge on any atom is -0.497 e. The third kappa shape index (κ3) is 4.83. The average molecular weight is 360 g/mol. The van der Waals surface area contributed by atoms with Crippen molar-refractivity contribution in [2.24, 2.45) is 5.92 Å². The molecule has 2 aromatic rings. The molecule has 2 N–H and O–H groups in total. The van der Waals surface area contributed by atoms with E-state index in [0.29, 0.717) is 6.54 Å². The Morgan fingerprint density at radius 1 is 1.24 bits per heavy atom. The maximum atomic E-state index is 12.4. The smallest absolute Gasteiger partial charge is 0.223 e. The number of likely N-dealkylation sites (tertiary alicyclic amines) is 1. The van der Waals surface area contributed by atoms with Crippen molar-refractivity contribution in [1.82, 2.24) is 5.32 Å². The van der Waals surface area contributed by atoms with Gasteiger partial charge in [-0.3, -0.25) is 4.79 Å². The summed E-state index contributed by atoms with van der Waals surface area (Å²) in [6.07, 6.45) is 1.96. The predicted molar refractivity (Wildman–Crippen MR) is 101 cm³/mol. The minimum absolute atomic E-state index is 0.159. The van der Waals surface area contributed by atoms with Crippen molar-refractivity contribution in [3.05, 3.63) is 51.7 Å². The van der Waals surface area contributed by atoms with E-state index in [0.717, 1.165) is 43.8 Å². The number of benzene rings is 1. The number of aryl methyl sites for hydroxylation is 1. The summed E-state index contributed by atoms with van der Waals surface area (Å²) in [5.41, 5.74) is 2.50. The van der Waals surface area contributed by atoms with Crippen LogP contribution in [0.25, 0.3) is 0 Å². The molecular formula is C20H27N2O2S+. The van der Waals surface area contributed by atoms with Gasteiger partial charge in [0, 0.05) is 25.3 Å². The summed E-state index contributed by atoms with van der Waals surface area (Å²) in [5.74, 6) is 1.19. The average Bonchev–Trinajstić information content (AvgIpc) is 3.05. The van der Waals surface area contributed by atoms with Gasteiger partial charge in [-0.1, -0.05) is 12.1 Å². The van der Waals surface area contributed by atoms with Gasteiger partial charge in [-0.15, -0.1) is 11.3 Å². The quantitative estimate of drug-likeness (QED) is 0.830. The Balaban J connectivity index is 1.42. The van der Waals surface area contributed by atoms with Crippen molar-refractivity contribution in [2.75, 3.05) is 20.2 Å². The Labute approximate surface area is 153 Å². The van der Waals surface area contributed by atoms with Crippen LogP contribution in [0.2, 0.25) is 0 Å². The molecule has 1 amide bonds. The molecule has 134 valence electrons. The van der Waals surface area contributed by atoms with Gasteiger partial charge in [-0.25, -0.2) is 0 Å². The molecular weight excluding hydrogens is 332 g/mol. The van der Waals surface area contributed by atoms with Gasteiger partial charge >= 0.3 is 0 Å². The summed E-state index contributed by atoms with van der Waals surface area (Å²) in [6.45, 7) is 6.04. The van der Waals surface area contributed by atoms with Crippen molar-refractivity contribution >= 4 is 17.2 Å². The summed E-state index contributed by atoms with van der Waals surface area (Å²) in [7, 11) is 1.66. The molecule has 1 aliphatic rings. The molecule has 2 heterocycles. The van der Waals surface area contributed by atoms with Crippen LogP contribution >= 0.6 is 11.3 Å². The topological polar surface area (TPSA) is 42.8 Å². The summed E-state index contributed by atoms with van der Waals surface area (Å²) >= 11 is 1.85. The third-order valence-electron chi connectivity index (χ3n) is 5.07. The van der Waals surface area contributed by atoms with Gasteiger partial charge in [0.2, 0.25) is 5.91 Å². The fourth-order valence-corrected chi connectivity index (χ4v) is 4.33. The zero-order valence-electron chi connectivity index (χ0n) is 15.0. The van der Waals surface area contributed by atoms with E-state index in [4.69, 9.17) is 4.74 Å². The molecule has 0 saturated carbocycles. The van der Waals surface area contributed by atoms with Crippen LogP contribution in [0.4, 0.5) is 0 Å². The lowest BCUT2D eigenvalue weighted by Gasteiger charge is -2.28. The summed E-state index contributed by atoms with van der Waals surface area (Å²) < 4.78 is 5.16. The van der Waals surface area contributed by atoms with Crippen LogP contribution in [0.1, 0.15) is 28.8 Å². The molecule has 0 radical (unpaired) electrons. The van der Waals surface area contributed by atoms with Gasteiger partial charge in [0.25, 0.3) is 0 Å². The first kappa shape index (κ1) is 18.0. The highest BCUT2D eigenvalue weighted by Gasteiger charge is 2.27. The summed E-state index contributed by atoms with van der Waals surface area (Å²) in [4.78, 5) is 15.5. The van der Waals surface area contributed by atoms with Gasteiger partial charge in [0.1, 0.15) is 12.3 Å². The van der Waals surface area contributed by atoms with Gasteiger partial charge in [-0.2, -0.15) is 0 Å². The zero-order chi connectivity index (χ0) is 17.6. The van der Waals surface area contributed by atoms with Gasteiger partial charge in [-0.05, 0) is 41.6 Å². The lowest BCUT2D eigenvalue weighted by molar-refractivity contribution is -0.919. The fraction of sp³-hybridized carbons (Fsp3) is 0.450. The molecule has 25 heavy (non-hydrogen) atoms. The molecule has 1 aromatic carbocycles. The van der Waals surface area contributed by atoms with E-state index in [-0.39, 0.29) is 11.8 Å². The third-order valence-corrected chi connectivity index (χ3v) is 6.09. The Morgan fingerprint density at radius 3 is 2.56 bits per heavy atom. The number of hydrogen-bond acceptors (Lipinski definition) is 3. The monoisotopic (exact) mass is 359 g/mol. The molecule has 0 aliphatic carbocycles. The zero-order valence-corrected chi connectivity index (χ0v) is 15.8. The lowest BCUT2D eigenvalue weighted by Crippen LogP contribution is -3.11. The standard InChI is InChI=1S/C20H26N2O2S/c1-15-9-12-25-19(15)14-22-10-7-17(8-11-22)20(23)21-13-16-3-5-18(24-2)6-4-16/h3-6,9,12,17H,7-8,10-11,13-14H2,1-2H3,(H,21,23)/p+1. The number of rotatable bonds is 6. The van der Waals surface area contributed by atoms with E-state index >= 15 is 0 Å². The van der Waals surface area contributed by atoms with E-state index in [1.165, 1.54) is 10.4 Å². The second-order valence-corrected chi connectivity index (χ2v) is 7.79. The number of quaternary nitrogens is 1. The summed E-state index contributed by atoms with van der Waals surface area (Å²) in [6, 6.07) is 10.0. The number of carbonyl (C=O) groups excluding carboxylic acids is 1. The number of nitrogens with one attached hydrogen (secondary N) is 2. The molecule has 4 nitrogen and oxygen atoms in total. The second kappa shape index (κ2) is 8.50. The largest absolute Gasteiger partial charge is 0.497 e. The van der Waals surface area contributed by atoms with Crippen LogP contribution in [0.5, 0.6) is 5.75 Å². The molecule has 1 aromatic heterocycles. The van der Waals surface area contributed by atoms with Crippen LogP contribution in [-0.4, -0.2) is 26.1 Å². The van der Waals surface area contributed by atoms with Crippen molar-refractivity contribution in [3.8, 4) is 5.75 Å². The highest BCUT2D eigenvalue weighted by Crippen LogP contribution is 2.16. The fourth-order valence-electron chi connectivity index (χ4n) is 3.35. The van der Waals surface area contributed by atoms with Gasteiger partial charge < -0.3 is 15.0 Å². The number of methoxy groups -OCH3 is 1. The molecule has 5 heteroatoms. The first-order valence-corrected chi connectivity index (χ1v) is 9.81. The lowest BCUT2D eigenvalue weighted by atomic mass is 9.95. The van der Waals surface area contributed by atoms with Crippen molar-refractivity contribution < 1.29 is 14.4 Å². The number of amides is 1. The van der Waals surface area contributed by atoms with Crippen molar-refractivity contribution in [3.63, 3.8) is 0 Å². The van der Waals surface area contributed by atoms with Crippen molar-refractivity contribution in [1.29, 1.82) is 0 Å². The Kier molecular flexibility index (Phi) is 6.10. The SMILES string of the molecule is COc1ccc(CNC(=O)C2CC[NH+](Cc3sccc3C)CC2)cc1. The number of piperidine rings is 1. The molecule has 0 atom stereocenters. The number of hydrogen-bond donors (Lipinski definition) is 2. The van der Waals surface area contributed by atoms with E-state index in [2.05, 4.69) is 23.7 Å². The molecule has 0 bridgehead atoms. The summed E-state index contributed by atoms with van der Waals surface area (Å²) in [5, 5.41) is 5.26. The molecule has 1 aliphatic heterocycles. The maximum Gasteiger partial charge on any atom is 0.223 e. The number of thiophene rings is 1. The molecule has 1 saturated heterocycles. The Hall–Kier alpha value is -1.85. The Bertz CT molecular complexity index is 688. The van der Waals surface area contributed by atoms with Gasteiger partial charge in [0.05, 0.1) is 25.1 Å². The van der Waals surface area contributed by atoms with E-state index in [9.17, 15) is 4.79 Å². The molecule has 0 unspecified atom stereocenters. The predicted octanol–water partition coefficient (Wildman–Crippen LogP) is 2.18.